The zero-order chi connectivity index (χ0) is 20.3. The van der Waals surface area contributed by atoms with Crippen LogP contribution in [0.15, 0.2) is 18.2 Å². The molecule has 0 aromatic heterocycles. The highest BCUT2D eigenvalue weighted by molar-refractivity contribution is 6.09. The summed E-state index contributed by atoms with van der Waals surface area (Å²) >= 11 is 0. The Morgan fingerprint density at radius 1 is 1.21 bits per heavy atom. The quantitative estimate of drug-likeness (QED) is 0.627. The zero-order valence-corrected chi connectivity index (χ0v) is 16.0. The Labute approximate surface area is 162 Å². The molecule has 2 aliphatic rings. The third-order valence-electron chi connectivity index (χ3n) is 5.08. The molecule has 1 saturated heterocycles. The number of ether oxygens (including phenoxy) is 1. The summed E-state index contributed by atoms with van der Waals surface area (Å²) < 4.78 is 5.19. The molecule has 1 aromatic rings. The average molecular weight is 388 g/mol. The summed E-state index contributed by atoms with van der Waals surface area (Å²) in [6.45, 7) is 1.18. The van der Waals surface area contributed by atoms with Gasteiger partial charge in [0.25, 0.3) is 5.91 Å². The Kier molecular flexibility index (Phi) is 5.53. The molecule has 0 bridgehead atoms. The second-order valence-electron chi connectivity index (χ2n) is 7.14. The smallest absolute Gasteiger partial charge is 0.325 e. The van der Waals surface area contributed by atoms with Crippen molar-refractivity contribution in [2.45, 2.75) is 38.1 Å². The van der Waals surface area contributed by atoms with Gasteiger partial charge < -0.3 is 20.7 Å². The van der Waals surface area contributed by atoms with Gasteiger partial charge in [-0.1, -0.05) is 18.9 Å². The molecule has 0 atom stereocenters. The van der Waals surface area contributed by atoms with Crippen LogP contribution >= 0.6 is 0 Å². The SMILES string of the molecule is COc1ccc(C)cc1NC(=O)CNC(=O)CN1C(=O)NC2(CCCC2)C1=O. The summed E-state index contributed by atoms with van der Waals surface area (Å²) in [6, 6.07) is 4.79. The molecular weight excluding hydrogens is 364 g/mol. The van der Waals surface area contributed by atoms with E-state index in [-0.39, 0.29) is 12.5 Å². The first-order chi connectivity index (χ1) is 13.3. The maximum Gasteiger partial charge on any atom is 0.325 e. The minimum absolute atomic E-state index is 0.287. The van der Waals surface area contributed by atoms with Crippen LogP contribution < -0.4 is 20.7 Å². The number of hydrogen-bond donors (Lipinski definition) is 3. The van der Waals surface area contributed by atoms with Gasteiger partial charge in [0.2, 0.25) is 11.8 Å². The van der Waals surface area contributed by atoms with Crippen LogP contribution in [0.2, 0.25) is 0 Å². The molecule has 2 fully saturated rings. The second-order valence-corrected chi connectivity index (χ2v) is 7.14. The number of amides is 5. The summed E-state index contributed by atoms with van der Waals surface area (Å²) in [5.41, 5.74) is 0.592. The molecule has 3 N–H and O–H groups in total. The van der Waals surface area contributed by atoms with Crippen LogP contribution in [0.4, 0.5) is 10.5 Å². The van der Waals surface area contributed by atoms with Gasteiger partial charge in [0, 0.05) is 0 Å². The molecule has 1 heterocycles. The minimum Gasteiger partial charge on any atom is -0.495 e. The van der Waals surface area contributed by atoms with Crippen LogP contribution in [0.25, 0.3) is 0 Å². The van der Waals surface area contributed by atoms with Crippen molar-refractivity contribution in [3.63, 3.8) is 0 Å². The van der Waals surface area contributed by atoms with E-state index >= 15 is 0 Å². The molecule has 5 amide bonds. The van der Waals surface area contributed by atoms with Crippen LogP contribution in [0.3, 0.4) is 0 Å². The molecule has 3 rings (SSSR count). The standard InChI is InChI=1S/C19H24N4O5/c1-12-5-6-14(28-2)13(9-12)21-15(24)10-20-16(25)11-23-17(26)19(22-18(23)27)7-3-4-8-19/h5-6,9H,3-4,7-8,10-11H2,1-2H3,(H,20,25)(H,21,24)(H,22,27). The fraction of sp³-hybridized carbons (Fsp3) is 0.474. The number of methoxy groups -OCH3 is 1. The molecule has 9 nitrogen and oxygen atoms in total. The lowest BCUT2D eigenvalue weighted by molar-refractivity contribution is -0.135. The van der Waals surface area contributed by atoms with Crippen molar-refractivity contribution < 1.29 is 23.9 Å². The third kappa shape index (κ3) is 3.92. The second kappa shape index (κ2) is 7.87. The third-order valence-corrected chi connectivity index (χ3v) is 5.08. The van der Waals surface area contributed by atoms with E-state index in [1.54, 1.807) is 12.1 Å². The summed E-state index contributed by atoms with van der Waals surface area (Å²) in [6.07, 6.45) is 2.93. The van der Waals surface area contributed by atoms with E-state index in [0.29, 0.717) is 24.3 Å². The van der Waals surface area contributed by atoms with E-state index in [2.05, 4.69) is 16.0 Å². The molecule has 1 aliphatic heterocycles. The highest BCUT2D eigenvalue weighted by Crippen LogP contribution is 2.34. The van der Waals surface area contributed by atoms with Gasteiger partial charge in [-0.25, -0.2) is 4.79 Å². The first kappa shape index (κ1) is 19.7. The van der Waals surface area contributed by atoms with Crippen LogP contribution in [-0.4, -0.2) is 54.4 Å². The topological polar surface area (TPSA) is 117 Å². The minimum atomic E-state index is -0.851. The fourth-order valence-electron chi connectivity index (χ4n) is 3.63. The van der Waals surface area contributed by atoms with Crippen molar-refractivity contribution in [2.75, 3.05) is 25.5 Å². The number of rotatable bonds is 6. The van der Waals surface area contributed by atoms with Gasteiger partial charge in [-0.15, -0.1) is 0 Å². The highest BCUT2D eigenvalue weighted by Gasteiger charge is 2.52. The predicted octanol–water partition coefficient (Wildman–Crippen LogP) is 0.923. The number of aryl methyl sites for hydroxylation is 1. The van der Waals surface area contributed by atoms with Crippen molar-refractivity contribution in [1.29, 1.82) is 0 Å². The van der Waals surface area contributed by atoms with Crippen molar-refractivity contribution in [3.8, 4) is 5.75 Å². The van der Waals surface area contributed by atoms with Crippen molar-refractivity contribution in [1.82, 2.24) is 15.5 Å². The molecule has 0 radical (unpaired) electrons. The highest BCUT2D eigenvalue weighted by atomic mass is 16.5. The molecule has 150 valence electrons. The lowest BCUT2D eigenvalue weighted by Crippen LogP contribution is -2.46. The molecule has 1 aliphatic carbocycles. The lowest BCUT2D eigenvalue weighted by Gasteiger charge is -2.19. The Bertz CT molecular complexity index is 817. The van der Waals surface area contributed by atoms with Crippen molar-refractivity contribution >= 4 is 29.4 Å². The van der Waals surface area contributed by atoms with Gasteiger partial charge >= 0.3 is 6.03 Å². The Morgan fingerprint density at radius 3 is 2.61 bits per heavy atom. The lowest BCUT2D eigenvalue weighted by atomic mass is 9.98. The van der Waals surface area contributed by atoms with E-state index in [0.717, 1.165) is 23.3 Å². The van der Waals surface area contributed by atoms with Crippen LogP contribution in [0, 0.1) is 6.92 Å². The zero-order valence-electron chi connectivity index (χ0n) is 16.0. The van der Waals surface area contributed by atoms with E-state index in [4.69, 9.17) is 4.74 Å². The van der Waals surface area contributed by atoms with Gasteiger partial charge in [0.1, 0.15) is 17.8 Å². The Hall–Kier alpha value is -3.10. The van der Waals surface area contributed by atoms with E-state index in [1.165, 1.54) is 7.11 Å². The summed E-state index contributed by atoms with van der Waals surface area (Å²) in [4.78, 5) is 49.8. The number of carbonyl (C=O) groups is 4. The van der Waals surface area contributed by atoms with Gasteiger partial charge in [0.05, 0.1) is 19.3 Å². The van der Waals surface area contributed by atoms with Crippen molar-refractivity contribution in [3.05, 3.63) is 23.8 Å². The van der Waals surface area contributed by atoms with E-state index < -0.39 is 29.9 Å². The number of hydrogen-bond acceptors (Lipinski definition) is 5. The number of benzene rings is 1. The molecule has 28 heavy (non-hydrogen) atoms. The predicted molar refractivity (Wildman–Crippen MR) is 101 cm³/mol. The molecule has 1 spiro atoms. The number of imide groups is 1. The molecule has 0 unspecified atom stereocenters. The number of nitrogens with zero attached hydrogens (tertiary/aromatic N) is 1. The van der Waals surface area contributed by atoms with Gasteiger partial charge in [0.15, 0.2) is 0 Å². The summed E-state index contributed by atoms with van der Waals surface area (Å²) in [5.74, 6) is -0.878. The van der Waals surface area contributed by atoms with Crippen molar-refractivity contribution in [2.24, 2.45) is 0 Å². The summed E-state index contributed by atoms with van der Waals surface area (Å²) in [5, 5.41) is 7.82. The Morgan fingerprint density at radius 2 is 1.93 bits per heavy atom. The molecule has 1 saturated carbocycles. The normalized spacial score (nSPS) is 17.6. The largest absolute Gasteiger partial charge is 0.495 e. The first-order valence-electron chi connectivity index (χ1n) is 9.20. The van der Waals surface area contributed by atoms with E-state index in [9.17, 15) is 19.2 Å². The average Bonchev–Trinajstić information content (AvgIpc) is 3.21. The van der Waals surface area contributed by atoms with Gasteiger partial charge in [-0.2, -0.15) is 0 Å². The summed E-state index contributed by atoms with van der Waals surface area (Å²) in [7, 11) is 1.50. The Balaban J connectivity index is 1.52. The number of carbonyl (C=O) groups excluding carboxylic acids is 4. The maximum atomic E-state index is 12.5. The molecule has 1 aromatic carbocycles. The number of nitrogens with one attached hydrogen (secondary N) is 3. The van der Waals surface area contributed by atoms with Crippen LogP contribution in [-0.2, 0) is 14.4 Å². The molecular formula is C19H24N4O5. The van der Waals surface area contributed by atoms with Gasteiger partial charge in [-0.3, -0.25) is 19.3 Å². The maximum absolute atomic E-state index is 12.5. The van der Waals surface area contributed by atoms with Gasteiger partial charge in [-0.05, 0) is 37.5 Å². The fourth-order valence-corrected chi connectivity index (χ4v) is 3.63. The number of anilines is 1. The van der Waals surface area contributed by atoms with E-state index in [1.807, 2.05) is 13.0 Å². The van der Waals surface area contributed by atoms with Crippen LogP contribution in [0.5, 0.6) is 5.75 Å². The molecule has 9 heteroatoms. The number of urea groups is 1. The van der Waals surface area contributed by atoms with Crippen LogP contribution in [0.1, 0.15) is 31.2 Å². The monoisotopic (exact) mass is 388 g/mol. The first-order valence-corrected chi connectivity index (χ1v) is 9.20.